The zero-order valence-electron chi connectivity index (χ0n) is 14.6. The zero-order valence-corrected chi connectivity index (χ0v) is 15.4. The van der Waals surface area contributed by atoms with Crippen LogP contribution >= 0.6 is 11.6 Å². The van der Waals surface area contributed by atoms with Crippen molar-refractivity contribution < 1.29 is 8.78 Å². The summed E-state index contributed by atoms with van der Waals surface area (Å²) in [5.41, 5.74) is 2.18. The molecule has 5 nitrogen and oxygen atoms in total. The number of hydrogen-bond acceptors (Lipinski definition) is 4. The Balaban J connectivity index is 1.61. The minimum Gasteiger partial charge on any atom is -0.242 e. The van der Waals surface area contributed by atoms with Gasteiger partial charge in [-0.05, 0) is 37.0 Å². The van der Waals surface area contributed by atoms with Crippen molar-refractivity contribution in [3.8, 4) is 11.5 Å². The van der Waals surface area contributed by atoms with Gasteiger partial charge in [-0.15, -0.1) is 0 Å². The van der Waals surface area contributed by atoms with Crippen molar-refractivity contribution in [2.45, 2.75) is 25.3 Å². The zero-order chi connectivity index (χ0) is 19.3. The number of rotatable bonds is 4. The summed E-state index contributed by atoms with van der Waals surface area (Å²) < 4.78 is 29.2. The molecule has 0 unspecified atom stereocenters. The lowest BCUT2D eigenvalue weighted by atomic mass is 10.2. The standard InChI is InChI=1S/C20H14ClF2N5/c21-18-14(11-6-7-11)9-25-19(26-18)17-13-4-2-8-24-20(13)28(27-17)10-12-3-1-5-15(22)16(12)23/h1-5,8-9,11H,6-7,10H2. The molecular formula is C20H14ClF2N5. The van der Waals surface area contributed by atoms with Crippen molar-refractivity contribution in [3.63, 3.8) is 0 Å². The normalized spacial score (nSPS) is 14.0. The predicted octanol–water partition coefficient (Wildman–Crippen LogP) is 4.75. The fourth-order valence-electron chi connectivity index (χ4n) is 3.27. The summed E-state index contributed by atoms with van der Waals surface area (Å²) in [6.45, 7) is 0.0327. The van der Waals surface area contributed by atoms with E-state index in [1.165, 1.54) is 16.8 Å². The fourth-order valence-corrected chi connectivity index (χ4v) is 3.55. The molecule has 0 N–H and O–H groups in total. The van der Waals surface area contributed by atoms with Crippen LogP contribution in [0.3, 0.4) is 0 Å². The lowest BCUT2D eigenvalue weighted by Crippen LogP contribution is -2.06. The first kappa shape index (κ1) is 17.2. The molecular weight excluding hydrogens is 384 g/mol. The fraction of sp³-hybridized carbons (Fsp3) is 0.200. The van der Waals surface area contributed by atoms with Crippen LogP contribution in [-0.2, 0) is 6.54 Å². The van der Waals surface area contributed by atoms with Crippen molar-refractivity contribution >= 4 is 22.6 Å². The van der Waals surface area contributed by atoms with E-state index >= 15 is 0 Å². The predicted molar refractivity (Wildman–Crippen MR) is 101 cm³/mol. The number of benzene rings is 1. The third-order valence-corrected chi connectivity index (χ3v) is 5.16. The van der Waals surface area contributed by atoms with Gasteiger partial charge in [-0.1, -0.05) is 23.7 Å². The quantitative estimate of drug-likeness (QED) is 0.466. The molecule has 140 valence electrons. The monoisotopic (exact) mass is 397 g/mol. The highest BCUT2D eigenvalue weighted by Crippen LogP contribution is 2.42. The van der Waals surface area contributed by atoms with Gasteiger partial charge >= 0.3 is 0 Å². The molecule has 1 aromatic carbocycles. The second-order valence-corrected chi connectivity index (χ2v) is 7.17. The molecule has 8 heteroatoms. The summed E-state index contributed by atoms with van der Waals surface area (Å²) in [7, 11) is 0. The van der Waals surface area contributed by atoms with Crippen LogP contribution in [0.4, 0.5) is 8.78 Å². The smallest absolute Gasteiger partial charge is 0.182 e. The molecule has 0 bridgehead atoms. The van der Waals surface area contributed by atoms with Crippen LogP contribution in [0.25, 0.3) is 22.6 Å². The molecule has 3 aromatic heterocycles. The van der Waals surface area contributed by atoms with Crippen molar-refractivity contribution in [2.24, 2.45) is 0 Å². The lowest BCUT2D eigenvalue weighted by Gasteiger charge is -2.05. The van der Waals surface area contributed by atoms with E-state index in [4.69, 9.17) is 11.6 Å². The van der Waals surface area contributed by atoms with Crippen molar-refractivity contribution in [1.29, 1.82) is 0 Å². The Bertz CT molecular complexity index is 1200. The van der Waals surface area contributed by atoms with Crippen LogP contribution in [-0.4, -0.2) is 24.7 Å². The van der Waals surface area contributed by atoms with Crippen LogP contribution in [0.1, 0.15) is 29.9 Å². The number of nitrogens with zero attached hydrogens (tertiary/aromatic N) is 5. The Hall–Kier alpha value is -2.93. The Labute approximate surface area is 164 Å². The molecule has 0 amide bonds. The van der Waals surface area contributed by atoms with Crippen molar-refractivity contribution in [2.75, 3.05) is 0 Å². The number of pyridine rings is 1. The highest BCUT2D eigenvalue weighted by atomic mass is 35.5. The van der Waals surface area contributed by atoms with Gasteiger partial charge in [-0.2, -0.15) is 5.10 Å². The molecule has 3 heterocycles. The van der Waals surface area contributed by atoms with E-state index in [-0.39, 0.29) is 12.1 Å². The van der Waals surface area contributed by atoms with Gasteiger partial charge in [0.15, 0.2) is 23.1 Å². The van der Waals surface area contributed by atoms with Gasteiger partial charge in [0.2, 0.25) is 0 Å². The van der Waals surface area contributed by atoms with Crippen LogP contribution in [0, 0.1) is 11.6 Å². The molecule has 1 aliphatic rings. The van der Waals surface area contributed by atoms with Gasteiger partial charge in [0, 0.05) is 23.5 Å². The molecule has 5 rings (SSSR count). The molecule has 1 saturated carbocycles. The third-order valence-electron chi connectivity index (χ3n) is 4.86. The molecule has 4 aromatic rings. The first-order chi connectivity index (χ1) is 13.6. The Morgan fingerprint density at radius 1 is 1.11 bits per heavy atom. The van der Waals surface area contributed by atoms with Crippen LogP contribution in [0.2, 0.25) is 5.15 Å². The van der Waals surface area contributed by atoms with Crippen LogP contribution in [0.15, 0.2) is 42.7 Å². The van der Waals surface area contributed by atoms with E-state index in [9.17, 15) is 8.78 Å². The maximum Gasteiger partial charge on any atom is 0.182 e. The molecule has 1 aliphatic carbocycles. The van der Waals surface area contributed by atoms with Crippen LogP contribution < -0.4 is 0 Å². The lowest BCUT2D eigenvalue weighted by molar-refractivity contribution is 0.493. The van der Waals surface area contributed by atoms with E-state index in [2.05, 4.69) is 20.1 Å². The van der Waals surface area contributed by atoms with Crippen molar-refractivity contribution in [1.82, 2.24) is 24.7 Å². The van der Waals surface area contributed by atoms with Gasteiger partial charge in [-0.25, -0.2) is 28.4 Å². The molecule has 0 saturated heterocycles. The van der Waals surface area contributed by atoms with Gasteiger partial charge in [0.1, 0.15) is 10.8 Å². The largest absolute Gasteiger partial charge is 0.242 e. The third kappa shape index (κ3) is 2.92. The highest BCUT2D eigenvalue weighted by molar-refractivity contribution is 6.30. The van der Waals surface area contributed by atoms with Gasteiger partial charge < -0.3 is 0 Å². The molecule has 28 heavy (non-hydrogen) atoms. The minimum absolute atomic E-state index is 0.0327. The summed E-state index contributed by atoms with van der Waals surface area (Å²) in [6, 6.07) is 7.69. The van der Waals surface area contributed by atoms with Crippen LogP contribution in [0.5, 0.6) is 0 Å². The number of fused-ring (bicyclic) bond motifs is 1. The van der Waals surface area contributed by atoms with Gasteiger partial charge in [0.25, 0.3) is 0 Å². The topological polar surface area (TPSA) is 56.5 Å². The Morgan fingerprint density at radius 3 is 2.75 bits per heavy atom. The second kappa shape index (κ2) is 6.60. The Morgan fingerprint density at radius 2 is 1.96 bits per heavy atom. The maximum atomic E-state index is 14.1. The highest BCUT2D eigenvalue weighted by Gasteiger charge is 2.27. The van der Waals surface area contributed by atoms with Crippen molar-refractivity contribution in [3.05, 3.63) is 70.6 Å². The molecule has 0 spiro atoms. The Kier molecular flexibility index (Phi) is 4.05. The summed E-state index contributed by atoms with van der Waals surface area (Å²) in [4.78, 5) is 13.2. The number of hydrogen-bond donors (Lipinski definition) is 0. The first-order valence-electron chi connectivity index (χ1n) is 8.89. The van der Waals surface area contributed by atoms with E-state index < -0.39 is 11.6 Å². The minimum atomic E-state index is -0.895. The molecule has 0 aliphatic heterocycles. The average molecular weight is 398 g/mol. The summed E-state index contributed by atoms with van der Waals surface area (Å²) in [6.07, 6.45) is 5.57. The van der Waals surface area contributed by atoms with E-state index in [0.717, 1.165) is 29.9 Å². The molecule has 1 fully saturated rings. The van der Waals surface area contributed by atoms with E-state index in [0.29, 0.717) is 28.2 Å². The number of halogens is 3. The van der Waals surface area contributed by atoms with E-state index in [1.807, 2.05) is 6.07 Å². The second-order valence-electron chi connectivity index (χ2n) is 6.81. The average Bonchev–Trinajstić information content (AvgIpc) is 3.47. The molecule has 0 atom stereocenters. The van der Waals surface area contributed by atoms with E-state index in [1.54, 1.807) is 18.5 Å². The van der Waals surface area contributed by atoms with Gasteiger partial charge in [-0.3, -0.25) is 0 Å². The summed E-state index contributed by atoms with van der Waals surface area (Å²) in [5.74, 6) is -0.969. The maximum absolute atomic E-state index is 14.1. The SMILES string of the molecule is Fc1cccc(Cn2nc(-c3ncc(C4CC4)c(Cl)n3)c3cccnc32)c1F. The molecule has 0 radical (unpaired) electrons. The summed E-state index contributed by atoms with van der Waals surface area (Å²) in [5, 5.41) is 5.68. The summed E-state index contributed by atoms with van der Waals surface area (Å²) >= 11 is 6.35. The van der Waals surface area contributed by atoms with Gasteiger partial charge in [0.05, 0.1) is 11.9 Å². The number of aromatic nitrogens is 5. The first-order valence-corrected chi connectivity index (χ1v) is 9.27.